The molecule has 1 unspecified atom stereocenters. The zero-order valence-electron chi connectivity index (χ0n) is 8.38. The summed E-state index contributed by atoms with van der Waals surface area (Å²) in [5.41, 5.74) is -1.25. The lowest BCUT2D eigenvalue weighted by Gasteiger charge is -2.34. The van der Waals surface area contributed by atoms with Crippen molar-refractivity contribution in [3.05, 3.63) is 0 Å². The van der Waals surface area contributed by atoms with Gasteiger partial charge in [0.15, 0.2) is 5.63 Å². The van der Waals surface area contributed by atoms with E-state index in [9.17, 15) is 9.18 Å². The fourth-order valence-electron chi connectivity index (χ4n) is 1.57. The van der Waals surface area contributed by atoms with Crippen LogP contribution in [0.1, 0.15) is 13.3 Å². The molecule has 0 aromatic rings. The van der Waals surface area contributed by atoms with Gasteiger partial charge in [0.2, 0.25) is 5.91 Å². The normalized spacial score (nSPS) is 20.9. The Balaban J connectivity index is 2.19. The van der Waals surface area contributed by atoms with Gasteiger partial charge in [0.1, 0.15) is 0 Å². The number of alkyl halides is 2. The summed E-state index contributed by atoms with van der Waals surface area (Å²) >= 11 is 5.22. The number of carbonyl (C=O) groups is 1. The van der Waals surface area contributed by atoms with Crippen molar-refractivity contribution in [2.24, 2.45) is 0 Å². The molecule has 0 spiro atoms. The average molecular weight is 223 g/mol. The molecule has 1 atom stereocenters. The van der Waals surface area contributed by atoms with Gasteiger partial charge in [0.05, 0.1) is 0 Å². The molecule has 5 heteroatoms. The van der Waals surface area contributed by atoms with Crippen LogP contribution in [-0.4, -0.2) is 54.1 Å². The lowest BCUT2D eigenvalue weighted by atomic mass is 10.3. The van der Waals surface area contributed by atoms with E-state index in [-0.39, 0.29) is 5.91 Å². The second-order valence-corrected chi connectivity index (χ2v) is 4.00. The third kappa shape index (κ3) is 3.80. The van der Waals surface area contributed by atoms with Gasteiger partial charge in [-0.3, -0.25) is 9.69 Å². The van der Waals surface area contributed by atoms with Crippen LogP contribution in [0.3, 0.4) is 0 Å². The molecule has 14 heavy (non-hydrogen) atoms. The van der Waals surface area contributed by atoms with E-state index in [2.05, 4.69) is 4.90 Å². The predicted octanol–water partition coefficient (Wildman–Crippen LogP) is 1.07. The van der Waals surface area contributed by atoms with Gasteiger partial charge in [-0.25, -0.2) is 4.39 Å². The van der Waals surface area contributed by atoms with Crippen LogP contribution in [0.25, 0.3) is 0 Å². The Morgan fingerprint density at radius 3 is 2.43 bits per heavy atom. The zero-order chi connectivity index (χ0) is 10.6. The molecule has 1 fully saturated rings. The molecule has 0 bridgehead atoms. The topological polar surface area (TPSA) is 23.6 Å². The van der Waals surface area contributed by atoms with Crippen molar-refractivity contribution in [1.29, 1.82) is 0 Å². The zero-order valence-corrected chi connectivity index (χ0v) is 9.13. The second-order valence-electron chi connectivity index (χ2n) is 3.53. The van der Waals surface area contributed by atoms with Crippen molar-refractivity contribution in [2.75, 3.05) is 32.7 Å². The van der Waals surface area contributed by atoms with Gasteiger partial charge >= 0.3 is 0 Å². The largest absolute Gasteiger partial charge is 0.340 e. The predicted molar refractivity (Wildman–Crippen MR) is 54.1 cm³/mol. The first-order chi connectivity index (χ1) is 6.59. The van der Waals surface area contributed by atoms with E-state index in [1.54, 1.807) is 6.92 Å². The number of piperazine rings is 1. The lowest BCUT2D eigenvalue weighted by molar-refractivity contribution is -0.130. The Bertz CT molecular complexity index is 193. The maximum atomic E-state index is 12.3. The highest BCUT2D eigenvalue weighted by Crippen LogP contribution is 2.07. The minimum atomic E-state index is -1.25. The SMILES string of the molecule is CC(=O)N1CCN(CCC(F)Cl)CC1. The van der Waals surface area contributed by atoms with E-state index in [1.165, 1.54) is 0 Å². The molecule has 1 heterocycles. The summed E-state index contributed by atoms with van der Waals surface area (Å²) in [4.78, 5) is 14.9. The van der Waals surface area contributed by atoms with Crippen LogP contribution >= 0.6 is 11.6 Å². The molecule has 1 rings (SSSR count). The minimum Gasteiger partial charge on any atom is -0.340 e. The minimum absolute atomic E-state index is 0.116. The molecule has 0 radical (unpaired) electrons. The highest BCUT2D eigenvalue weighted by Gasteiger charge is 2.18. The Morgan fingerprint density at radius 1 is 1.43 bits per heavy atom. The summed E-state index contributed by atoms with van der Waals surface area (Å²) in [5, 5.41) is 0. The number of nitrogens with zero attached hydrogens (tertiary/aromatic N) is 2. The molecule has 1 amide bonds. The molecule has 82 valence electrons. The molecule has 0 saturated carbocycles. The van der Waals surface area contributed by atoms with Crippen molar-refractivity contribution >= 4 is 17.5 Å². The fraction of sp³-hybridized carbons (Fsp3) is 0.889. The first-order valence-corrected chi connectivity index (χ1v) is 5.29. The van der Waals surface area contributed by atoms with Crippen LogP contribution in [0.2, 0.25) is 0 Å². The molecule has 0 N–H and O–H groups in total. The van der Waals surface area contributed by atoms with Crippen LogP contribution in [0.4, 0.5) is 4.39 Å². The molecule has 0 aromatic heterocycles. The molecule has 0 aromatic carbocycles. The number of hydrogen-bond acceptors (Lipinski definition) is 2. The Labute approximate surface area is 88.8 Å². The number of carbonyl (C=O) groups excluding carboxylic acids is 1. The molecule has 1 aliphatic heterocycles. The van der Waals surface area contributed by atoms with Gasteiger partial charge in [-0.2, -0.15) is 0 Å². The Morgan fingerprint density at radius 2 is 2.00 bits per heavy atom. The van der Waals surface area contributed by atoms with Gasteiger partial charge < -0.3 is 4.90 Å². The summed E-state index contributed by atoms with van der Waals surface area (Å²) < 4.78 is 12.3. The molecule has 0 aliphatic carbocycles. The van der Waals surface area contributed by atoms with E-state index >= 15 is 0 Å². The standard InChI is InChI=1S/C9H16ClFN2O/c1-8(14)13-6-4-12(5-7-13)3-2-9(10)11/h9H,2-7H2,1H3. The van der Waals surface area contributed by atoms with Gasteiger partial charge in [-0.05, 0) is 0 Å². The van der Waals surface area contributed by atoms with Crippen molar-refractivity contribution in [2.45, 2.75) is 19.0 Å². The van der Waals surface area contributed by atoms with Crippen molar-refractivity contribution < 1.29 is 9.18 Å². The summed E-state index contributed by atoms with van der Waals surface area (Å²) in [6, 6.07) is 0. The summed E-state index contributed by atoms with van der Waals surface area (Å²) in [6.45, 7) is 5.39. The van der Waals surface area contributed by atoms with Crippen LogP contribution in [0, 0.1) is 0 Å². The highest BCUT2D eigenvalue weighted by atomic mass is 35.5. The van der Waals surface area contributed by atoms with Crippen LogP contribution in [-0.2, 0) is 4.79 Å². The summed E-state index contributed by atoms with van der Waals surface area (Å²) in [5.74, 6) is 0.116. The smallest absolute Gasteiger partial charge is 0.219 e. The van der Waals surface area contributed by atoms with Crippen LogP contribution < -0.4 is 0 Å². The summed E-state index contributed by atoms with van der Waals surface area (Å²) in [6.07, 6.45) is 0.363. The monoisotopic (exact) mass is 222 g/mol. The third-order valence-corrected chi connectivity index (χ3v) is 2.70. The third-order valence-electron chi connectivity index (χ3n) is 2.48. The van der Waals surface area contributed by atoms with Crippen molar-refractivity contribution in [1.82, 2.24) is 9.80 Å². The average Bonchev–Trinajstić information content (AvgIpc) is 2.15. The van der Waals surface area contributed by atoms with Gasteiger partial charge in [-0.1, -0.05) is 11.6 Å². The number of halogens is 2. The molecule has 3 nitrogen and oxygen atoms in total. The molecular weight excluding hydrogens is 207 g/mol. The molecular formula is C9H16ClFN2O. The first kappa shape index (κ1) is 11.7. The number of amides is 1. The first-order valence-electron chi connectivity index (χ1n) is 4.85. The number of rotatable bonds is 3. The number of hydrogen-bond donors (Lipinski definition) is 0. The van der Waals surface area contributed by atoms with Gasteiger partial charge in [0.25, 0.3) is 0 Å². The molecule has 1 aliphatic rings. The second kappa shape index (κ2) is 5.51. The van der Waals surface area contributed by atoms with Crippen LogP contribution in [0.15, 0.2) is 0 Å². The van der Waals surface area contributed by atoms with E-state index in [4.69, 9.17) is 11.6 Å². The van der Waals surface area contributed by atoms with E-state index in [0.29, 0.717) is 13.0 Å². The summed E-state index contributed by atoms with van der Waals surface area (Å²) in [7, 11) is 0. The van der Waals surface area contributed by atoms with E-state index in [1.807, 2.05) is 4.90 Å². The van der Waals surface area contributed by atoms with Gasteiger partial charge in [0, 0.05) is 46.1 Å². The van der Waals surface area contributed by atoms with Crippen molar-refractivity contribution in [3.8, 4) is 0 Å². The van der Waals surface area contributed by atoms with E-state index in [0.717, 1.165) is 26.2 Å². The van der Waals surface area contributed by atoms with Crippen molar-refractivity contribution in [3.63, 3.8) is 0 Å². The lowest BCUT2D eigenvalue weighted by Crippen LogP contribution is -2.48. The molecule has 1 saturated heterocycles. The van der Waals surface area contributed by atoms with Gasteiger partial charge in [-0.15, -0.1) is 0 Å². The fourth-order valence-corrected chi connectivity index (χ4v) is 1.66. The quantitative estimate of drug-likeness (QED) is 0.668. The Kier molecular flexibility index (Phi) is 4.62. The Hall–Kier alpha value is -0.350. The highest BCUT2D eigenvalue weighted by molar-refractivity contribution is 6.19. The maximum absolute atomic E-state index is 12.3. The van der Waals surface area contributed by atoms with E-state index < -0.39 is 5.63 Å². The van der Waals surface area contributed by atoms with Crippen LogP contribution in [0.5, 0.6) is 0 Å². The maximum Gasteiger partial charge on any atom is 0.219 e.